The maximum atomic E-state index is 12.6. The van der Waals surface area contributed by atoms with Gasteiger partial charge in [-0.05, 0) is 19.8 Å². The van der Waals surface area contributed by atoms with Crippen LogP contribution in [0.5, 0.6) is 0 Å². The molecule has 2 aliphatic rings. The molecule has 8 nitrogen and oxygen atoms in total. The van der Waals surface area contributed by atoms with E-state index in [1.165, 1.54) is 12.8 Å². The molecule has 172 valence electrons. The minimum absolute atomic E-state index is 0.0467. The third-order valence-corrected chi connectivity index (χ3v) is 5.66. The Morgan fingerprint density at radius 1 is 0.867 bits per heavy atom. The van der Waals surface area contributed by atoms with Crippen molar-refractivity contribution >= 4 is 17.8 Å². The lowest BCUT2D eigenvalue weighted by atomic mass is 9.96. The molecule has 2 heterocycles. The Hall–Kier alpha value is -1.83. The highest BCUT2D eigenvalue weighted by Gasteiger charge is 2.24. The van der Waals surface area contributed by atoms with Crippen LogP contribution >= 0.6 is 0 Å². The molecule has 0 aromatic rings. The van der Waals surface area contributed by atoms with Crippen molar-refractivity contribution < 1.29 is 9.59 Å². The van der Waals surface area contributed by atoms with Gasteiger partial charge in [0.2, 0.25) is 11.8 Å². The van der Waals surface area contributed by atoms with Crippen LogP contribution in [0.25, 0.3) is 0 Å². The first kappa shape index (κ1) is 24.4. The van der Waals surface area contributed by atoms with Gasteiger partial charge in [0.05, 0.1) is 13.1 Å². The van der Waals surface area contributed by atoms with E-state index in [0.29, 0.717) is 19.6 Å². The molecule has 0 bridgehead atoms. The summed E-state index contributed by atoms with van der Waals surface area (Å²) in [4.78, 5) is 35.9. The van der Waals surface area contributed by atoms with Gasteiger partial charge >= 0.3 is 0 Å². The number of likely N-dealkylation sites (tertiary alicyclic amines) is 1. The van der Waals surface area contributed by atoms with Gasteiger partial charge in [0.15, 0.2) is 5.96 Å². The smallest absolute Gasteiger partial charge is 0.236 e. The number of aliphatic imine (C=N–C) groups is 1. The summed E-state index contributed by atoms with van der Waals surface area (Å²) in [5.74, 6) is 1.21. The Labute approximate surface area is 182 Å². The van der Waals surface area contributed by atoms with Crippen LogP contribution in [0, 0.1) is 5.41 Å². The van der Waals surface area contributed by atoms with Gasteiger partial charge in [0.25, 0.3) is 0 Å². The Morgan fingerprint density at radius 2 is 1.50 bits per heavy atom. The molecule has 0 aliphatic carbocycles. The van der Waals surface area contributed by atoms with Crippen molar-refractivity contribution in [2.75, 3.05) is 65.4 Å². The van der Waals surface area contributed by atoms with Crippen molar-refractivity contribution in [2.24, 2.45) is 10.4 Å². The van der Waals surface area contributed by atoms with Crippen LogP contribution in [0.3, 0.4) is 0 Å². The molecule has 8 heteroatoms. The average molecular weight is 423 g/mol. The van der Waals surface area contributed by atoms with E-state index >= 15 is 0 Å². The molecule has 0 aromatic heterocycles. The molecule has 2 N–H and O–H groups in total. The molecule has 2 fully saturated rings. The Bertz CT molecular complexity index is 571. The van der Waals surface area contributed by atoms with Crippen molar-refractivity contribution in [1.29, 1.82) is 0 Å². The molecule has 2 saturated heterocycles. The Kier molecular flexibility index (Phi) is 9.88. The van der Waals surface area contributed by atoms with E-state index in [2.05, 4.69) is 37.2 Å². The first-order valence-corrected chi connectivity index (χ1v) is 11.6. The topological polar surface area (TPSA) is 80.3 Å². The van der Waals surface area contributed by atoms with Crippen LogP contribution in [0.1, 0.15) is 53.4 Å². The van der Waals surface area contributed by atoms with Gasteiger partial charge in [-0.15, -0.1) is 0 Å². The number of hydrogen-bond acceptors (Lipinski definition) is 4. The van der Waals surface area contributed by atoms with Gasteiger partial charge in [-0.25, -0.2) is 0 Å². The molecule has 0 atom stereocenters. The van der Waals surface area contributed by atoms with E-state index < -0.39 is 0 Å². The van der Waals surface area contributed by atoms with E-state index in [1.807, 2.05) is 20.8 Å². The van der Waals surface area contributed by atoms with Gasteiger partial charge in [-0.3, -0.25) is 19.5 Å². The quantitative estimate of drug-likeness (QED) is 0.381. The summed E-state index contributed by atoms with van der Waals surface area (Å²) >= 11 is 0. The lowest BCUT2D eigenvalue weighted by Crippen LogP contribution is -2.54. The minimum atomic E-state index is -0.380. The molecule has 0 aromatic carbocycles. The first-order valence-electron chi connectivity index (χ1n) is 11.6. The predicted octanol–water partition coefficient (Wildman–Crippen LogP) is 1.13. The van der Waals surface area contributed by atoms with Crippen LogP contribution in [0.15, 0.2) is 4.99 Å². The first-order chi connectivity index (χ1) is 14.3. The molecule has 0 radical (unpaired) electrons. The highest BCUT2D eigenvalue weighted by atomic mass is 16.2. The van der Waals surface area contributed by atoms with E-state index in [-0.39, 0.29) is 17.2 Å². The summed E-state index contributed by atoms with van der Waals surface area (Å²) in [5.41, 5.74) is -0.380. The largest absolute Gasteiger partial charge is 0.357 e. The maximum Gasteiger partial charge on any atom is 0.236 e. The predicted molar refractivity (Wildman–Crippen MR) is 122 cm³/mol. The molecule has 2 rings (SSSR count). The monoisotopic (exact) mass is 422 g/mol. The summed E-state index contributed by atoms with van der Waals surface area (Å²) in [6.45, 7) is 15.5. The van der Waals surface area contributed by atoms with Crippen molar-refractivity contribution in [3.8, 4) is 0 Å². The molecule has 30 heavy (non-hydrogen) atoms. The number of guanidine groups is 1. The van der Waals surface area contributed by atoms with Gasteiger partial charge in [0, 0.05) is 57.8 Å². The number of carbonyl (C=O) groups excluding carboxylic acids is 2. The molecule has 0 spiro atoms. The minimum Gasteiger partial charge on any atom is -0.357 e. The fraction of sp³-hybridized carbons (Fsp3) is 0.864. The summed E-state index contributed by atoms with van der Waals surface area (Å²) in [7, 11) is 0. The summed E-state index contributed by atoms with van der Waals surface area (Å²) in [6, 6.07) is 0. The van der Waals surface area contributed by atoms with Crippen LogP contribution in [0.4, 0.5) is 0 Å². The summed E-state index contributed by atoms with van der Waals surface area (Å²) < 4.78 is 0. The second kappa shape index (κ2) is 12.1. The molecular formula is C22H42N6O2. The van der Waals surface area contributed by atoms with Gasteiger partial charge in [-0.2, -0.15) is 0 Å². The molecule has 2 aliphatic heterocycles. The standard InChI is InChI=1S/C22H42N6O2/c1-5-23-21(25-11-10-24-20(30)22(2,3)4)28-16-14-26(15-17-28)18-19(29)27-12-8-6-7-9-13-27/h5-18H2,1-4H3,(H,23,25)(H,24,30). The maximum absolute atomic E-state index is 12.6. The third-order valence-electron chi connectivity index (χ3n) is 5.66. The number of carbonyl (C=O) groups is 2. The molecule has 0 unspecified atom stereocenters. The zero-order valence-electron chi connectivity index (χ0n) is 19.5. The van der Waals surface area contributed by atoms with Crippen molar-refractivity contribution in [1.82, 2.24) is 25.3 Å². The molecular weight excluding hydrogens is 380 g/mol. The number of amides is 2. The SMILES string of the molecule is CCNC(=NCCNC(=O)C(C)(C)C)N1CCN(CC(=O)N2CCCCCC2)CC1. The summed E-state index contributed by atoms with van der Waals surface area (Å²) in [6.07, 6.45) is 4.76. The highest BCUT2D eigenvalue weighted by Crippen LogP contribution is 2.12. The zero-order valence-corrected chi connectivity index (χ0v) is 19.5. The number of nitrogens with zero attached hydrogens (tertiary/aromatic N) is 4. The Balaban J connectivity index is 1.77. The second-order valence-corrected chi connectivity index (χ2v) is 9.30. The van der Waals surface area contributed by atoms with Gasteiger partial charge in [-0.1, -0.05) is 33.6 Å². The van der Waals surface area contributed by atoms with Crippen LogP contribution < -0.4 is 10.6 Å². The fourth-order valence-corrected chi connectivity index (χ4v) is 3.75. The number of nitrogens with one attached hydrogen (secondary N) is 2. The second-order valence-electron chi connectivity index (χ2n) is 9.30. The van der Waals surface area contributed by atoms with E-state index in [4.69, 9.17) is 0 Å². The fourth-order valence-electron chi connectivity index (χ4n) is 3.75. The van der Waals surface area contributed by atoms with Crippen LogP contribution in [-0.4, -0.2) is 97.9 Å². The number of hydrogen-bond donors (Lipinski definition) is 2. The lowest BCUT2D eigenvalue weighted by Gasteiger charge is -2.37. The van der Waals surface area contributed by atoms with E-state index in [9.17, 15) is 9.59 Å². The normalized spacial score (nSPS) is 19.4. The third kappa shape index (κ3) is 8.13. The van der Waals surface area contributed by atoms with E-state index in [0.717, 1.165) is 64.6 Å². The van der Waals surface area contributed by atoms with Gasteiger partial charge in [0.1, 0.15) is 0 Å². The summed E-state index contributed by atoms with van der Waals surface area (Å²) in [5, 5.41) is 6.30. The van der Waals surface area contributed by atoms with E-state index in [1.54, 1.807) is 0 Å². The van der Waals surface area contributed by atoms with Crippen LogP contribution in [0.2, 0.25) is 0 Å². The number of rotatable bonds is 6. The lowest BCUT2D eigenvalue weighted by molar-refractivity contribution is -0.132. The zero-order chi connectivity index (χ0) is 22.0. The Morgan fingerprint density at radius 3 is 2.07 bits per heavy atom. The number of piperazine rings is 1. The molecule has 0 saturated carbocycles. The van der Waals surface area contributed by atoms with Crippen molar-refractivity contribution in [3.63, 3.8) is 0 Å². The van der Waals surface area contributed by atoms with Gasteiger partial charge < -0.3 is 20.4 Å². The molecule has 2 amide bonds. The van der Waals surface area contributed by atoms with Crippen molar-refractivity contribution in [3.05, 3.63) is 0 Å². The van der Waals surface area contributed by atoms with Crippen LogP contribution in [-0.2, 0) is 9.59 Å². The van der Waals surface area contributed by atoms with Crippen molar-refractivity contribution in [2.45, 2.75) is 53.4 Å². The average Bonchev–Trinajstić information content (AvgIpc) is 3.00. The highest BCUT2D eigenvalue weighted by molar-refractivity contribution is 5.82.